The molecule has 1 heterocycles. The van der Waals surface area contributed by atoms with Gasteiger partial charge in [-0.1, -0.05) is 17.7 Å². The molecule has 0 unspecified atom stereocenters. The van der Waals surface area contributed by atoms with Crippen LogP contribution in [0.2, 0.25) is 5.02 Å². The van der Waals surface area contributed by atoms with Gasteiger partial charge in [-0.25, -0.2) is 0 Å². The van der Waals surface area contributed by atoms with Crippen molar-refractivity contribution >= 4 is 34.8 Å². The van der Waals surface area contributed by atoms with Crippen LogP contribution in [0.3, 0.4) is 0 Å². The topological polar surface area (TPSA) is 47.6 Å². The Morgan fingerprint density at radius 2 is 1.73 bits per heavy atom. The number of carbonyl (C=O) groups excluding carboxylic acids is 1. The summed E-state index contributed by atoms with van der Waals surface area (Å²) in [5, 5.41) is 3.02. The Morgan fingerprint density at radius 1 is 1.00 bits per heavy atom. The second-order valence-corrected chi connectivity index (χ2v) is 5.60. The van der Waals surface area contributed by atoms with Crippen molar-refractivity contribution in [2.75, 3.05) is 5.32 Å². The second kappa shape index (κ2) is 7.25. The van der Waals surface area contributed by atoms with Crippen LogP contribution in [-0.4, -0.2) is 19.1 Å². The van der Waals surface area contributed by atoms with Gasteiger partial charge in [0.1, 0.15) is 11.5 Å². The van der Waals surface area contributed by atoms with Crippen molar-refractivity contribution in [3.63, 3.8) is 0 Å². The highest BCUT2D eigenvalue weighted by Gasteiger charge is 2.25. The van der Waals surface area contributed by atoms with Gasteiger partial charge in [0.05, 0.1) is 5.69 Å². The largest absolute Gasteiger partial charge is 0.435 e. The van der Waals surface area contributed by atoms with Crippen LogP contribution in [0, 0.1) is 0 Å². The van der Waals surface area contributed by atoms with Gasteiger partial charge in [-0.15, -0.1) is 0 Å². The van der Waals surface area contributed by atoms with Crippen LogP contribution in [-0.2, 0) is 4.79 Å². The fourth-order valence-corrected chi connectivity index (χ4v) is 2.65. The molecule has 1 amide bonds. The Bertz CT molecular complexity index is 886. The molecule has 9 heteroatoms. The maximum absolute atomic E-state index is 12.6. The van der Waals surface area contributed by atoms with Gasteiger partial charge in [0.25, 0.3) is 5.91 Å². The second-order valence-electron chi connectivity index (χ2n) is 5.16. The zero-order chi connectivity index (χ0) is 18.8. The number of hydrogen-bond acceptors (Lipinski definition) is 3. The Balaban J connectivity index is 2.03. The summed E-state index contributed by atoms with van der Waals surface area (Å²) in [6, 6.07) is 8.02. The lowest BCUT2D eigenvalue weighted by atomic mass is 10.0. The van der Waals surface area contributed by atoms with E-state index in [1.807, 2.05) is 0 Å². The van der Waals surface area contributed by atoms with Gasteiger partial charge in [-0.3, -0.25) is 4.79 Å². The van der Waals surface area contributed by atoms with Crippen molar-refractivity contribution in [3.05, 3.63) is 52.5 Å². The number of ether oxygens (including phenoxy) is 2. The Morgan fingerprint density at radius 3 is 2.42 bits per heavy atom. The first kappa shape index (κ1) is 18.1. The predicted octanol–water partition coefficient (Wildman–Crippen LogP) is 5.04. The number of halogens is 5. The Labute approximate surface area is 150 Å². The molecular formula is C17H10ClF4NO3. The van der Waals surface area contributed by atoms with E-state index in [-0.39, 0.29) is 16.9 Å². The van der Waals surface area contributed by atoms with Gasteiger partial charge in [0.2, 0.25) is 0 Å². The molecule has 1 N–H and O–H groups in total. The van der Waals surface area contributed by atoms with Gasteiger partial charge in [0, 0.05) is 27.8 Å². The normalized spacial score (nSPS) is 14.7. The molecule has 2 aromatic rings. The molecule has 3 rings (SSSR count). The third kappa shape index (κ3) is 3.91. The van der Waals surface area contributed by atoms with Crippen molar-refractivity contribution in [1.29, 1.82) is 0 Å². The molecule has 136 valence electrons. The zero-order valence-electron chi connectivity index (χ0n) is 12.8. The number of amides is 1. The monoisotopic (exact) mass is 387 g/mol. The predicted molar refractivity (Wildman–Crippen MR) is 87.7 cm³/mol. The summed E-state index contributed by atoms with van der Waals surface area (Å²) in [5.41, 5.74) is 1.29. The minimum Gasteiger partial charge on any atom is -0.435 e. The molecule has 0 aliphatic carbocycles. The van der Waals surface area contributed by atoms with Crippen LogP contribution in [0.15, 0.2) is 36.4 Å². The first-order valence-electron chi connectivity index (χ1n) is 7.20. The quantitative estimate of drug-likeness (QED) is 0.578. The summed E-state index contributed by atoms with van der Waals surface area (Å²) in [6.07, 6.45) is 1.32. The molecule has 1 aliphatic heterocycles. The number of hydrogen-bond donors (Lipinski definition) is 1. The summed E-state index contributed by atoms with van der Waals surface area (Å²) in [5.74, 6) is -1.21. The fourth-order valence-electron chi connectivity index (χ4n) is 2.47. The summed E-state index contributed by atoms with van der Waals surface area (Å²) < 4.78 is 58.4. The Hall–Kier alpha value is -2.74. The van der Waals surface area contributed by atoms with Crippen LogP contribution in [0.25, 0.3) is 11.6 Å². The SMILES string of the molecule is O=C1Nc2cc(Cl)ccc2C1=Cc1ccc(OC(F)F)cc1OC(F)F. The van der Waals surface area contributed by atoms with Gasteiger partial charge < -0.3 is 14.8 Å². The molecule has 0 fully saturated rings. The average molecular weight is 388 g/mol. The van der Waals surface area contributed by atoms with Crippen LogP contribution in [0.5, 0.6) is 11.5 Å². The highest BCUT2D eigenvalue weighted by molar-refractivity contribution is 6.36. The van der Waals surface area contributed by atoms with Crippen molar-refractivity contribution in [2.24, 2.45) is 0 Å². The molecule has 2 aromatic carbocycles. The molecule has 4 nitrogen and oxygen atoms in total. The highest BCUT2D eigenvalue weighted by atomic mass is 35.5. The first-order valence-corrected chi connectivity index (χ1v) is 7.58. The summed E-state index contributed by atoms with van der Waals surface area (Å²) in [7, 11) is 0. The maximum atomic E-state index is 12.6. The number of nitrogens with one attached hydrogen (secondary N) is 1. The number of anilines is 1. The highest BCUT2D eigenvalue weighted by Crippen LogP contribution is 2.37. The molecule has 0 atom stereocenters. The standard InChI is InChI=1S/C17H10ClF4NO3/c18-9-2-4-11-12(15(24)23-13(11)6-9)5-8-1-3-10(25-16(19)20)7-14(8)26-17(21)22/h1-7,16-17H,(H,23,24). The van der Waals surface area contributed by atoms with Crippen LogP contribution >= 0.6 is 11.6 Å². The van der Waals surface area contributed by atoms with E-state index < -0.39 is 24.9 Å². The molecule has 0 aromatic heterocycles. The summed E-state index contributed by atoms with van der Waals surface area (Å²) in [4.78, 5) is 12.2. The third-order valence-corrected chi connectivity index (χ3v) is 3.73. The molecule has 0 spiro atoms. The van der Waals surface area contributed by atoms with E-state index in [9.17, 15) is 22.4 Å². The number of fused-ring (bicyclic) bond motifs is 1. The fraction of sp³-hybridized carbons (Fsp3) is 0.118. The van der Waals surface area contributed by atoms with Crippen LogP contribution in [0.4, 0.5) is 23.2 Å². The smallest absolute Gasteiger partial charge is 0.387 e. The van der Waals surface area contributed by atoms with E-state index in [2.05, 4.69) is 14.8 Å². The summed E-state index contributed by atoms with van der Waals surface area (Å²) >= 11 is 5.87. The van der Waals surface area contributed by atoms with E-state index in [1.165, 1.54) is 12.1 Å². The van der Waals surface area contributed by atoms with E-state index in [4.69, 9.17) is 11.6 Å². The molecule has 0 radical (unpaired) electrons. The van der Waals surface area contributed by atoms with Crippen molar-refractivity contribution in [2.45, 2.75) is 13.2 Å². The lowest BCUT2D eigenvalue weighted by molar-refractivity contribution is -0.110. The lowest BCUT2D eigenvalue weighted by Crippen LogP contribution is -2.06. The molecule has 0 bridgehead atoms. The average Bonchev–Trinajstić information content (AvgIpc) is 2.83. The van der Waals surface area contributed by atoms with E-state index in [0.29, 0.717) is 16.3 Å². The van der Waals surface area contributed by atoms with Gasteiger partial charge >= 0.3 is 13.2 Å². The number of alkyl halides is 4. The number of rotatable bonds is 5. The minimum atomic E-state index is -3.18. The Kier molecular flexibility index (Phi) is 5.03. The molecule has 0 saturated carbocycles. The van der Waals surface area contributed by atoms with Crippen LogP contribution in [0.1, 0.15) is 11.1 Å². The lowest BCUT2D eigenvalue weighted by Gasteiger charge is -2.11. The van der Waals surface area contributed by atoms with Gasteiger partial charge in [-0.2, -0.15) is 17.6 Å². The van der Waals surface area contributed by atoms with Gasteiger partial charge in [-0.05, 0) is 30.3 Å². The van der Waals surface area contributed by atoms with E-state index in [1.54, 1.807) is 18.2 Å². The van der Waals surface area contributed by atoms with Crippen LogP contribution < -0.4 is 14.8 Å². The third-order valence-electron chi connectivity index (χ3n) is 3.49. The number of carbonyl (C=O) groups is 1. The zero-order valence-corrected chi connectivity index (χ0v) is 13.6. The number of benzene rings is 2. The first-order chi connectivity index (χ1) is 12.3. The molecule has 0 saturated heterocycles. The maximum Gasteiger partial charge on any atom is 0.387 e. The van der Waals surface area contributed by atoms with E-state index >= 15 is 0 Å². The molecule has 26 heavy (non-hydrogen) atoms. The van der Waals surface area contributed by atoms with E-state index in [0.717, 1.165) is 12.1 Å². The molecule has 1 aliphatic rings. The van der Waals surface area contributed by atoms with Crippen molar-refractivity contribution < 1.29 is 31.8 Å². The summed E-state index contributed by atoms with van der Waals surface area (Å²) in [6.45, 7) is -6.30. The molecular weight excluding hydrogens is 378 g/mol. The van der Waals surface area contributed by atoms with Crippen molar-refractivity contribution in [3.8, 4) is 11.5 Å². The van der Waals surface area contributed by atoms with Crippen molar-refractivity contribution in [1.82, 2.24) is 0 Å². The van der Waals surface area contributed by atoms with Gasteiger partial charge in [0.15, 0.2) is 0 Å². The minimum absolute atomic E-state index is 0.0971.